The largest absolute Gasteiger partial charge is 0.478 e. The van der Waals surface area contributed by atoms with E-state index in [2.05, 4.69) is 20.9 Å². The number of hydrogen-bond donors (Lipinski definition) is 1. The lowest BCUT2D eigenvalue weighted by Crippen LogP contribution is -2.00. The van der Waals surface area contributed by atoms with Crippen LogP contribution >= 0.6 is 15.9 Å². The summed E-state index contributed by atoms with van der Waals surface area (Å²) in [4.78, 5) is 15.9. The molecule has 0 bridgehead atoms. The predicted molar refractivity (Wildman–Crippen MR) is 91.7 cm³/mol. The van der Waals surface area contributed by atoms with Gasteiger partial charge in [-0.05, 0) is 48.0 Å². The van der Waals surface area contributed by atoms with E-state index in [1.165, 1.54) is 12.1 Å². The van der Waals surface area contributed by atoms with Gasteiger partial charge in [-0.3, -0.25) is 0 Å². The molecular weight excluding hydrogens is 380 g/mol. The van der Waals surface area contributed by atoms with Crippen molar-refractivity contribution in [1.29, 1.82) is 0 Å². The zero-order valence-electron chi connectivity index (χ0n) is 12.1. The average Bonchev–Trinajstić information content (AvgIpc) is 2.55. The summed E-state index contributed by atoms with van der Waals surface area (Å²) in [6.07, 6.45) is 3.10. The number of nitrogens with zero attached hydrogens (tertiary/aromatic N) is 1. The Labute approximate surface area is 144 Å². The van der Waals surface area contributed by atoms with E-state index in [1.807, 2.05) is 0 Å². The highest BCUT2D eigenvalue weighted by molar-refractivity contribution is 9.10. The molecule has 0 amide bonds. The first-order chi connectivity index (χ1) is 11.4. The highest BCUT2D eigenvalue weighted by atomic mass is 79.9. The Hall–Kier alpha value is -2.60. The van der Waals surface area contributed by atoms with E-state index in [4.69, 9.17) is 0 Å². The van der Waals surface area contributed by atoms with Crippen LogP contribution in [0.15, 0.2) is 46.9 Å². The van der Waals surface area contributed by atoms with Gasteiger partial charge in [-0.25, -0.2) is 18.6 Å². The molecule has 1 N–H and O–H groups in total. The van der Waals surface area contributed by atoms with Crippen molar-refractivity contribution in [2.75, 3.05) is 0 Å². The maximum atomic E-state index is 13.2. The van der Waals surface area contributed by atoms with E-state index in [1.54, 1.807) is 30.4 Å². The topological polar surface area (TPSA) is 50.2 Å². The molecule has 120 valence electrons. The second kappa shape index (κ2) is 6.49. The predicted octanol–water partition coefficient (Wildman–Crippen LogP) is 5.14. The van der Waals surface area contributed by atoms with Gasteiger partial charge in [-0.1, -0.05) is 28.1 Å². The zero-order valence-corrected chi connectivity index (χ0v) is 13.7. The molecule has 0 saturated carbocycles. The molecule has 0 spiro atoms. The summed E-state index contributed by atoms with van der Waals surface area (Å²) >= 11 is 3.31. The number of aromatic carboxylic acids is 1. The molecule has 3 rings (SSSR count). The fraction of sp³-hybridized carbons (Fsp3) is 0. The lowest BCUT2D eigenvalue weighted by molar-refractivity contribution is 0.0699. The average molecular weight is 390 g/mol. The second-order valence-electron chi connectivity index (χ2n) is 5.07. The third-order valence-corrected chi connectivity index (χ3v) is 3.90. The van der Waals surface area contributed by atoms with Crippen molar-refractivity contribution >= 4 is 45.0 Å². The number of fused-ring (bicyclic) bond motifs is 1. The Morgan fingerprint density at radius 2 is 1.83 bits per heavy atom. The van der Waals surface area contributed by atoms with Gasteiger partial charge >= 0.3 is 5.97 Å². The fourth-order valence-corrected chi connectivity index (χ4v) is 2.64. The molecule has 0 aliphatic rings. The van der Waals surface area contributed by atoms with Gasteiger partial charge in [0.2, 0.25) is 0 Å². The molecule has 0 saturated heterocycles. The van der Waals surface area contributed by atoms with Crippen LogP contribution in [0.25, 0.3) is 23.1 Å². The molecule has 1 heterocycles. The van der Waals surface area contributed by atoms with Crippen LogP contribution in [0.3, 0.4) is 0 Å². The van der Waals surface area contributed by atoms with Gasteiger partial charge in [-0.2, -0.15) is 0 Å². The van der Waals surface area contributed by atoms with Crippen LogP contribution in [0.5, 0.6) is 0 Å². The first-order valence-corrected chi connectivity index (χ1v) is 7.70. The Morgan fingerprint density at radius 1 is 1.04 bits per heavy atom. The van der Waals surface area contributed by atoms with Crippen molar-refractivity contribution in [3.05, 3.63) is 75.4 Å². The number of aromatic nitrogens is 1. The maximum absolute atomic E-state index is 13.2. The molecule has 0 atom stereocenters. The van der Waals surface area contributed by atoms with Crippen LogP contribution in [0.2, 0.25) is 0 Å². The standard InChI is InChI=1S/C18H10BrF2NO2/c19-11-3-6-17-13(8-11)14(18(23)24)9-12(22-17)4-1-10-2-5-15(20)16(21)7-10/h1-9H,(H,23,24). The summed E-state index contributed by atoms with van der Waals surface area (Å²) in [6.45, 7) is 0. The Bertz CT molecular complexity index is 986. The second-order valence-corrected chi connectivity index (χ2v) is 5.98. The number of pyridine rings is 1. The van der Waals surface area contributed by atoms with Gasteiger partial charge in [0.1, 0.15) is 0 Å². The summed E-state index contributed by atoms with van der Waals surface area (Å²) in [5.74, 6) is -2.93. The molecule has 1 aromatic heterocycles. The lowest BCUT2D eigenvalue weighted by atomic mass is 10.1. The first-order valence-electron chi connectivity index (χ1n) is 6.91. The molecule has 24 heavy (non-hydrogen) atoms. The van der Waals surface area contributed by atoms with Crippen molar-refractivity contribution < 1.29 is 18.7 Å². The highest BCUT2D eigenvalue weighted by Crippen LogP contribution is 2.24. The van der Waals surface area contributed by atoms with E-state index in [0.717, 1.165) is 16.6 Å². The van der Waals surface area contributed by atoms with Crippen LogP contribution in [-0.2, 0) is 0 Å². The Morgan fingerprint density at radius 3 is 2.54 bits per heavy atom. The van der Waals surface area contributed by atoms with Gasteiger partial charge in [0.05, 0.1) is 16.8 Å². The monoisotopic (exact) mass is 389 g/mol. The zero-order chi connectivity index (χ0) is 17.3. The van der Waals surface area contributed by atoms with Crippen LogP contribution < -0.4 is 0 Å². The summed E-state index contributed by atoms with van der Waals surface area (Å²) < 4.78 is 26.9. The number of hydrogen-bond acceptors (Lipinski definition) is 2. The number of carbonyl (C=O) groups is 1. The number of halogens is 3. The summed E-state index contributed by atoms with van der Waals surface area (Å²) in [6, 6.07) is 10.1. The molecule has 0 radical (unpaired) electrons. The summed E-state index contributed by atoms with van der Waals surface area (Å²) in [7, 11) is 0. The Kier molecular flexibility index (Phi) is 4.40. The van der Waals surface area contributed by atoms with Gasteiger partial charge in [-0.15, -0.1) is 0 Å². The van der Waals surface area contributed by atoms with E-state index < -0.39 is 17.6 Å². The minimum atomic E-state index is -1.07. The number of benzene rings is 2. The summed E-state index contributed by atoms with van der Waals surface area (Å²) in [5.41, 5.74) is 1.50. The van der Waals surface area contributed by atoms with Crippen LogP contribution in [-0.4, -0.2) is 16.1 Å². The van der Waals surface area contributed by atoms with Gasteiger partial charge in [0, 0.05) is 9.86 Å². The third-order valence-electron chi connectivity index (χ3n) is 3.41. The summed E-state index contributed by atoms with van der Waals surface area (Å²) in [5, 5.41) is 9.91. The number of carboxylic acid groups (broad SMARTS) is 1. The minimum absolute atomic E-state index is 0.117. The van der Waals surface area contributed by atoms with Crippen LogP contribution in [0.1, 0.15) is 21.6 Å². The number of rotatable bonds is 3. The molecule has 0 aliphatic heterocycles. The van der Waals surface area contributed by atoms with Gasteiger partial charge in [0.15, 0.2) is 11.6 Å². The molecule has 6 heteroatoms. The molecule has 2 aromatic carbocycles. The molecular formula is C18H10BrF2NO2. The van der Waals surface area contributed by atoms with E-state index >= 15 is 0 Å². The smallest absolute Gasteiger partial charge is 0.336 e. The van der Waals surface area contributed by atoms with E-state index in [0.29, 0.717) is 22.2 Å². The van der Waals surface area contributed by atoms with Crippen LogP contribution in [0, 0.1) is 11.6 Å². The molecule has 3 nitrogen and oxygen atoms in total. The quantitative estimate of drug-likeness (QED) is 0.674. The van der Waals surface area contributed by atoms with Gasteiger partial charge in [0.25, 0.3) is 0 Å². The third kappa shape index (κ3) is 3.33. The van der Waals surface area contributed by atoms with Crippen molar-refractivity contribution in [2.45, 2.75) is 0 Å². The van der Waals surface area contributed by atoms with Crippen molar-refractivity contribution in [3.63, 3.8) is 0 Å². The van der Waals surface area contributed by atoms with E-state index in [9.17, 15) is 18.7 Å². The highest BCUT2D eigenvalue weighted by Gasteiger charge is 2.11. The van der Waals surface area contributed by atoms with Gasteiger partial charge < -0.3 is 5.11 Å². The molecule has 0 fully saturated rings. The first kappa shape index (κ1) is 16.3. The molecule has 0 aliphatic carbocycles. The maximum Gasteiger partial charge on any atom is 0.336 e. The number of carboxylic acids is 1. The van der Waals surface area contributed by atoms with E-state index in [-0.39, 0.29) is 5.56 Å². The Balaban J connectivity index is 2.06. The van der Waals surface area contributed by atoms with Crippen LogP contribution in [0.4, 0.5) is 8.78 Å². The van der Waals surface area contributed by atoms with Crippen molar-refractivity contribution in [1.82, 2.24) is 4.98 Å². The van der Waals surface area contributed by atoms with Crippen molar-refractivity contribution in [2.24, 2.45) is 0 Å². The normalized spacial score (nSPS) is 11.3. The minimum Gasteiger partial charge on any atom is -0.478 e. The van der Waals surface area contributed by atoms with Crippen molar-refractivity contribution in [3.8, 4) is 0 Å². The molecule has 0 unspecified atom stereocenters. The lowest BCUT2D eigenvalue weighted by Gasteiger charge is -2.05. The fourth-order valence-electron chi connectivity index (χ4n) is 2.28. The molecule has 3 aromatic rings. The SMILES string of the molecule is O=C(O)c1cc(C=Cc2ccc(F)c(F)c2)nc2ccc(Br)cc12.